The summed E-state index contributed by atoms with van der Waals surface area (Å²) in [6.07, 6.45) is 6.91. The molecule has 2 N–H and O–H groups in total. The fraction of sp³-hybridized carbons (Fsp3) is 1.00. The summed E-state index contributed by atoms with van der Waals surface area (Å²) >= 11 is 0. The van der Waals surface area contributed by atoms with Gasteiger partial charge in [0.25, 0.3) is 0 Å². The van der Waals surface area contributed by atoms with Crippen molar-refractivity contribution >= 4 is 0 Å². The number of likely N-dealkylation sites (tertiary alicyclic amines) is 1. The van der Waals surface area contributed by atoms with Crippen molar-refractivity contribution in [1.82, 2.24) is 4.90 Å². The van der Waals surface area contributed by atoms with Crippen molar-refractivity contribution < 1.29 is 0 Å². The quantitative estimate of drug-likeness (QED) is 0.733. The largest absolute Gasteiger partial charge is 0.330 e. The van der Waals surface area contributed by atoms with Crippen LogP contribution >= 0.6 is 0 Å². The molecule has 0 radical (unpaired) electrons. The summed E-state index contributed by atoms with van der Waals surface area (Å²) < 4.78 is 0. The average molecular weight is 212 g/mol. The molecule has 90 valence electrons. The molecule has 1 fully saturated rings. The van der Waals surface area contributed by atoms with Gasteiger partial charge in [-0.15, -0.1) is 0 Å². The first-order valence-electron chi connectivity index (χ1n) is 6.68. The second-order valence-electron chi connectivity index (χ2n) is 5.20. The first kappa shape index (κ1) is 13.0. The Bertz CT molecular complexity index is 151. The van der Waals surface area contributed by atoms with Gasteiger partial charge < -0.3 is 10.6 Å². The third kappa shape index (κ3) is 4.98. The van der Waals surface area contributed by atoms with Crippen molar-refractivity contribution in [1.29, 1.82) is 0 Å². The summed E-state index contributed by atoms with van der Waals surface area (Å²) in [5, 5.41) is 0. The van der Waals surface area contributed by atoms with Crippen molar-refractivity contribution in [3.05, 3.63) is 0 Å². The maximum absolute atomic E-state index is 5.63. The predicted octanol–water partition coefficient (Wildman–Crippen LogP) is 2.48. The topological polar surface area (TPSA) is 29.3 Å². The minimum Gasteiger partial charge on any atom is -0.330 e. The van der Waals surface area contributed by atoms with Crippen LogP contribution in [0.15, 0.2) is 0 Å². The van der Waals surface area contributed by atoms with Gasteiger partial charge in [0.05, 0.1) is 0 Å². The van der Waals surface area contributed by atoms with Crippen LogP contribution in [0, 0.1) is 11.8 Å². The third-order valence-electron chi connectivity index (χ3n) is 3.74. The lowest BCUT2D eigenvalue weighted by Crippen LogP contribution is -2.35. The summed E-state index contributed by atoms with van der Waals surface area (Å²) in [6, 6.07) is 0. The van der Waals surface area contributed by atoms with E-state index >= 15 is 0 Å². The number of rotatable bonds is 6. The lowest BCUT2D eigenvalue weighted by molar-refractivity contribution is 0.170. The van der Waals surface area contributed by atoms with Crippen molar-refractivity contribution in [2.24, 2.45) is 17.6 Å². The predicted molar refractivity (Wildman–Crippen MR) is 66.9 cm³/mol. The summed E-state index contributed by atoms with van der Waals surface area (Å²) in [5.74, 6) is 1.71. The molecule has 1 aliphatic rings. The van der Waals surface area contributed by atoms with Gasteiger partial charge in [-0.2, -0.15) is 0 Å². The van der Waals surface area contributed by atoms with Gasteiger partial charge in [0.1, 0.15) is 0 Å². The van der Waals surface area contributed by atoms with E-state index in [0.717, 1.165) is 12.5 Å². The molecular formula is C13H28N2. The molecule has 1 saturated heterocycles. The Kier molecular flexibility index (Phi) is 6.26. The molecular weight excluding hydrogens is 184 g/mol. The van der Waals surface area contributed by atoms with Crippen LogP contribution in [-0.4, -0.2) is 31.1 Å². The van der Waals surface area contributed by atoms with Crippen molar-refractivity contribution in [2.45, 2.75) is 46.0 Å². The average Bonchev–Trinajstić information content (AvgIpc) is 2.28. The molecule has 0 aromatic rings. The molecule has 1 heterocycles. The minimum atomic E-state index is 0.693. The first-order chi connectivity index (χ1) is 7.26. The molecule has 2 heteroatoms. The van der Waals surface area contributed by atoms with Crippen LogP contribution in [0.2, 0.25) is 0 Å². The van der Waals surface area contributed by atoms with Crippen LogP contribution in [0.5, 0.6) is 0 Å². The van der Waals surface area contributed by atoms with E-state index in [1.54, 1.807) is 0 Å². The highest BCUT2D eigenvalue weighted by Gasteiger charge is 2.18. The van der Waals surface area contributed by atoms with Gasteiger partial charge in [0.15, 0.2) is 0 Å². The van der Waals surface area contributed by atoms with E-state index in [2.05, 4.69) is 18.7 Å². The normalized spacial score (nSPS) is 21.8. The number of nitrogens with zero attached hydrogens (tertiary/aromatic N) is 1. The van der Waals surface area contributed by atoms with Crippen molar-refractivity contribution in [3.63, 3.8) is 0 Å². The number of nitrogens with two attached hydrogens (primary N) is 1. The van der Waals surface area contributed by atoms with Crippen LogP contribution in [0.4, 0.5) is 0 Å². The van der Waals surface area contributed by atoms with Crippen LogP contribution in [0.3, 0.4) is 0 Å². The second-order valence-corrected chi connectivity index (χ2v) is 5.20. The number of hydrogen-bond acceptors (Lipinski definition) is 2. The smallest absolute Gasteiger partial charge is 0.00157 e. The van der Waals surface area contributed by atoms with E-state index in [1.165, 1.54) is 51.7 Å². The summed E-state index contributed by atoms with van der Waals surface area (Å²) in [4.78, 5) is 2.62. The Hall–Kier alpha value is -0.0800. The van der Waals surface area contributed by atoms with E-state index < -0.39 is 0 Å². The Morgan fingerprint density at radius 3 is 2.53 bits per heavy atom. The molecule has 0 bridgehead atoms. The SMILES string of the molecule is CCCC1CCN(CCC(C)CN)CC1. The van der Waals surface area contributed by atoms with E-state index in [4.69, 9.17) is 5.73 Å². The van der Waals surface area contributed by atoms with Crippen LogP contribution in [0.25, 0.3) is 0 Å². The van der Waals surface area contributed by atoms with Gasteiger partial charge >= 0.3 is 0 Å². The van der Waals surface area contributed by atoms with Gasteiger partial charge in [-0.3, -0.25) is 0 Å². The maximum Gasteiger partial charge on any atom is -0.00157 e. The molecule has 1 atom stereocenters. The van der Waals surface area contributed by atoms with Gasteiger partial charge in [-0.05, 0) is 57.3 Å². The third-order valence-corrected chi connectivity index (χ3v) is 3.74. The second kappa shape index (κ2) is 7.24. The Labute approximate surface area is 95.2 Å². The molecule has 0 saturated carbocycles. The Morgan fingerprint density at radius 2 is 2.00 bits per heavy atom. The highest BCUT2D eigenvalue weighted by Crippen LogP contribution is 2.21. The zero-order chi connectivity index (χ0) is 11.1. The summed E-state index contributed by atoms with van der Waals surface area (Å²) in [6.45, 7) is 9.30. The van der Waals surface area contributed by atoms with Crippen molar-refractivity contribution in [2.75, 3.05) is 26.2 Å². The van der Waals surface area contributed by atoms with E-state index in [1.807, 2.05) is 0 Å². The van der Waals surface area contributed by atoms with Gasteiger partial charge in [0, 0.05) is 0 Å². The Balaban J connectivity index is 2.09. The fourth-order valence-electron chi connectivity index (χ4n) is 2.43. The molecule has 0 aromatic carbocycles. The van der Waals surface area contributed by atoms with Crippen molar-refractivity contribution in [3.8, 4) is 0 Å². The first-order valence-corrected chi connectivity index (χ1v) is 6.68. The molecule has 1 aliphatic heterocycles. The van der Waals surface area contributed by atoms with Gasteiger partial charge in [-0.1, -0.05) is 26.7 Å². The monoisotopic (exact) mass is 212 g/mol. The molecule has 0 aliphatic carbocycles. The fourth-order valence-corrected chi connectivity index (χ4v) is 2.43. The lowest BCUT2D eigenvalue weighted by atomic mass is 9.92. The molecule has 2 nitrogen and oxygen atoms in total. The molecule has 0 amide bonds. The zero-order valence-corrected chi connectivity index (χ0v) is 10.5. The number of piperidine rings is 1. The summed E-state index contributed by atoms with van der Waals surface area (Å²) in [5.41, 5.74) is 5.63. The standard InChI is InChI=1S/C13H28N2/c1-3-4-13-6-9-15(10-7-13)8-5-12(2)11-14/h12-13H,3-11,14H2,1-2H3. The molecule has 1 unspecified atom stereocenters. The zero-order valence-electron chi connectivity index (χ0n) is 10.5. The van der Waals surface area contributed by atoms with Crippen LogP contribution in [-0.2, 0) is 0 Å². The van der Waals surface area contributed by atoms with Crippen LogP contribution in [0.1, 0.15) is 46.0 Å². The van der Waals surface area contributed by atoms with E-state index in [0.29, 0.717) is 5.92 Å². The number of hydrogen-bond donors (Lipinski definition) is 1. The molecule has 0 spiro atoms. The minimum absolute atomic E-state index is 0.693. The molecule has 0 aromatic heterocycles. The molecule has 1 rings (SSSR count). The van der Waals surface area contributed by atoms with Crippen LogP contribution < -0.4 is 5.73 Å². The highest BCUT2D eigenvalue weighted by molar-refractivity contribution is 4.72. The lowest BCUT2D eigenvalue weighted by Gasteiger charge is -2.32. The maximum atomic E-state index is 5.63. The summed E-state index contributed by atoms with van der Waals surface area (Å²) in [7, 11) is 0. The van der Waals surface area contributed by atoms with Gasteiger partial charge in [0.2, 0.25) is 0 Å². The van der Waals surface area contributed by atoms with Gasteiger partial charge in [-0.25, -0.2) is 0 Å². The highest BCUT2D eigenvalue weighted by atomic mass is 15.1. The van der Waals surface area contributed by atoms with E-state index in [-0.39, 0.29) is 0 Å². The Morgan fingerprint density at radius 1 is 1.33 bits per heavy atom. The van der Waals surface area contributed by atoms with E-state index in [9.17, 15) is 0 Å². The molecule has 15 heavy (non-hydrogen) atoms.